The van der Waals surface area contributed by atoms with E-state index in [4.69, 9.17) is 33.7 Å². The van der Waals surface area contributed by atoms with E-state index < -0.39 is 0 Å². The zero-order chi connectivity index (χ0) is 22.4. The first kappa shape index (κ1) is 24.1. The first-order valence-corrected chi connectivity index (χ1v) is 11.8. The highest BCUT2D eigenvalue weighted by molar-refractivity contribution is 6.42. The molecule has 1 saturated heterocycles. The largest absolute Gasteiger partial charge is 0.490 e. The van der Waals surface area contributed by atoms with Crippen LogP contribution in [0.5, 0.6) is 5.75 Å². The molecule has 31 heavy (non-hydrogen) atoms. The number of nitrogens with zero attached hydrogens (tertiary/aromatic N) is 1. The Labute approximate surface area is 195 Å². The number of aryl methyl sites for hydroxylation is 1. The van der Waals surface area contributed by atoms with E-state index in [1.54, 1.807) is 6.92 Å². The first-order valence-electron chi connectivity index (χ1n) is 11.0. The quantitative estimate of drug-likeness (QED) is 0.471. The highest BCUT2D eigenvalue weighted by Gasteiger charge is 2.28. The second kappa shape index (κ2) is 11.3. The summed E-state index contributed by atoms with van der Waals surface area (Å²) < 4.78 is 6.44. The third-order valence-electron chi connectivity index (χ3n) is 6.11. The number of ketones is 1. The number of likely N-dealkylation sites (tertiary alicyclic amines) is 1. The molecule has 0 bridgehead atoms. The van der Waals surface area contributed by atoms with Crippen molar-refractivity contribution in [1.29, 1.82) is 0 Å². The van der Waals surface area contributed by atoms with Gasteiger partial charge in [0.15, 0.2) is 5.78 Å². The number of hydrogen-bond acceptors (Lipinski definition) is 4. The van der Waals surface area contributed by atoms with Crippen LogP contribution in [0.25, 0.3) is 0 Å². The summed E-state index contributed by atoms with van der Waals surface area (Å²) in [5.74, 6) is 1.41. The van der Waals surface area contributed by atoms with Crippen molar-refractivity contribution in [3.63, 3.8) is 0 Å². The van der Waals surface area contributed by atoms with Gasteiger partial charge in [-0.2, -0.15) is 0 Å². The lowest BCUT2D eigenvalue weighted by molar-refractivity contribution is 0.0678. The van der Waals surface area contributed by atoms with Crippen LogP contribution in [-0.2, 0) is 6.54 Å². The summed E-state index contributed by atoms with van der Waals surface area (Å²) in [5, 5.41) is 1.20. The van der Waals surface area contributed by atoms with Crippen molar-refractivity contribution < 1.29 is 9.53 Å². The average molecular weight is 463 g/mol. The molecule has 4 nitrogen and oxygen atoms in total. The zero-order valence-electron chi connectivity index (χ0n) is 18.4. The summed E-state index contributed by atoms with van der Waals surface area (Å²) in [6, 6.07) is 11.6. The Morgan fingerprint density at radius 2 is 1.90 bits per heavy atom. The van der Waals surface area contributed by atoms with Gasteiger partial charge in [-0.3, -0.25) is 9.69 Å². The number of piperidine rings is 1. The number of benzene rings is 2. The fraction of sp³-hybridized carbons (Fsp3) is 0.480. The summed E-state index contributed by atoms with van der Waals surface area (Å²) in [6.07, 6.45) is 4.20. The molecular formula is C25H32Cl2N2O2. The van der Waals surface area contributed by atoms with Crippen molar-refractivity contribution in [2.24, 2.45) is 11.7 Å². The lowest BCUT2D eigenvalue weighted by atomic mass is 9.88. The molecule has 1 atom stereocenters. The monoisotopic (exact) mass is 462 g/mol. The number of carbonyl (C=O) groups is 1. The van der Waals surface area contributed by atoms with E-state index in [0.717, 1.165) is 62.2 Å². The molecule has 6 heteroatoms. The Morgan fingerprint density at radius 3 is 2.52 bits per heavy atom. The van der Waals surface area contributed by atoms with Gasteiger partial charge in [-0.15, -0.1) is 0 Å². The fourth-order valence-corrected chi connectivity index (χ4v) is 4.69. The number of carbonyl (C=O) groups excluding carboxylic acids is 1. The van der Waals surface area contributed by atoms with Gasteiger partial charge in [0, 0.05) is 12.1 Å². The molecule has 2 N–H and O–H groups in total. The molecule has 2 aromatic rings. The van der Waals surface area contributed by atoms with Gasteiger partial charge < -0.3 is 10.5 Å². The highest BCUT2D eigenvalue weighted by Crippen LogP contribution is 2.30. The molecule has 1 unspecified atom stereocenters. The standard InChI is InChI=1S/C25H32Cl2N2O2/c1-17-14-21(6-7-22(17)18(2)30)31-25(4-3-11-28)20-9-12-29(13-10-20)16-19-5-8-23(26)24(27)15-19/h5-8,14-15,20,25H,3-4,9-13,16,28H2,1-2H3. The Bertz CT molecular complexity index is 895. The van der Waals surface area contributed by atoms with Crippen LogP contribution in [0, 0.1) is 12.8 Å². The fourth-order valence-electron chi connectivity index (χ4n) is 4.37. The van der Waals surface area contributed by atoms with Gasteiger partial charge in [-0.25, -0.2) is 0 Å². The molecule has 0 amide bonds. The summed E-state index contributed by atoms with van der Waals surface area (Å²) >= 11 is 12.2. The van der Waals surface area contributed by atoms with Crippen LogP contribution in [0.1, 0.15) is 54.1 Å². The molecule has 1 aliphatic heterocycles. The van der Waals surface area contributed by atoms with E-state index >= 15 is 0 Å². The normalized spacial score (nSPS) is 16.3. The van der Waals surface area contributed by atoms with Crippen LogP contribution in [0.4, 0.5) is 0 Å². The maximum absolute atomic E-state index is 11.7. The van der Waals surface area contributed by atoms with Crippen molar-refractivity contribution in [2.75, 3.05) is 19.6 Å². The smallest absolute Gasteiger partial charge is 0.160 e. The van der Waals surface area contributed by atoms with Crippen LogP contribution in [0.2, 0.25) is 10.0 Å². The molecule has 2 aromatic carbocycles. The molecular weight excluding hydrogens is 431 g/mol. The Kier molecular flexibility index (Phi) is 8.79. The number of hydrogen-bond donors (Lipinski definition) is 1. The molecule has 168 valence electrons. The Morgan fingerprint density at radius 1 is 1.16 bits per heavy atom. The molecule has 0 spiro atoms. The van der Waals surface area contributed by atoms with E-state index in [1.165, 1.54) is 5.56 Å². The molecule has 0 radical (unpaired) electrons. The summed E-state index contributed by atoms with van der Waals surface area (Å²) in [4.78, 5) is 14.2. The molecule has 3 rings (SSSR count). The number of halogens is 2. The van der Waals surface area contributed by atoms with E-state index in [0.29, 0.717) is 22.5 Å². The minimum atomic E-state index is 0.0816. The topological polar surface area (TPSA) is 55.6 Å². The van der Waals surface area contributed by atoms with E-state index in [9.17, 15) is 4.79 Å². The molecule has 1 fully saturated rings. The second-order valence-corrected chi connectivity index (χ2v) is 9.30. The van der Waals surface area contributed by atoms with E-state index in [2.05, 4.69) is 4.90 Å². The third kappa shape index (κ3) is 6.69. The van der Waals surface area contributed by atoms with Gasteiger partial charge >= 0.3 is 0 Å². The second-order valence-electron chi connectivity index (χ2n) is 8.48. The SMILES string of the molecule is CC(=O)c1ccc(OC(CCCN)C2CCN(Cc3ccc(Cl)c(Cl)c3)CC2)cc1C. The minimum absolute atomic E-state index is 0.0816. The number of ether oxygens (including phenoxy) is 1. The van der Waals surface area contributed by atoms with Crippen LogP contribution in [0.3, 0.4) is 0 Å². The van der Waals surface area contributed by atoms with Crippen LogP contribution >= 0.6 is 23.2 Å². The van der Waals surface area contributed by atoms with Crippen LogP contribution in [0.15, 0.2) is 36.4 Å². The highest BCUT2D eigenvalue weighted by atomic mass is 35.5. The molecule has 0 aromatic heterocycles. The van der Waals surface area contributed by atoms with Crippen molar-refractivity contribution in [3.8, 4) is 5.75 Å². The maximum atomic E-state index is 11.7. The van der Waals surface area contributed by atoms with Gasteiger partial charge in [-0.05, 0) is 107 Å². The summed E-state index contributed by atoms with van der Waals surface area (Å²) in [6.45, 7) is 7.14. The molecule has 0 aliphatic carbocycles. The van der Waals surface area contributed by atoms with E-state index in [1.807, 2.05) is 43.3 Å². The number of rotatable bonds is 9. The van der Waals surface area contributed by atoms with Crippen molar-refractivity contribution in [2.45, 2.75) is 52.2 Å². The summed E-state index contributed by atoms with van der Waals surface area (Å²) in [7, 11) is 0. The Balaban J connectivity index is 1.61. The zero-order valence-corrected chi connectivity index (χ0v) is 19.9. The number of Topliss-reactive ketones (excluding diaryl/α,β-unsaturated/α-hetero) is 1. The summed E-state index contributed by atoms with van der Waals surface area (Å²) in [5.41, 5.74) is 8.68. The van der Waals surface area contributed by atoms with E-state index in [-0.39, 0.29) is 11.9 Å². The number of nitrogens with two attached hydrogens (primary N) is 1. The lowest BCUT2D eigenvalue weighted by Gasteiger charge is -2.36. The third-order valence-corrected chi connectivity index (χ3v) is 6.84. The van der Waals surface area contributed by atoms with Crippen LogP contribution < -0.4 is 10.5 Å². The predicted molar refractivity (Wildman–Crippen MR) is 128 cm³/mol. The minimum Gasteiger partial charge on any atom is -0.490 e. The van der Waals surface area contributed by atoms with Crippen molar-refractivity contribution in [3.05, 3.63) is 63.1 Å². The van der Waals surface area contributed by atoms with Gasteiger partial charge in [-0.1, -0.05) is 29.3 Å². The van der Waals surface area contributed by atoms with Crippen LogP contribution in [-0.4, -0.2) is 36.4 Å². The predicted octanol–water partition coefficient (Wildman–Crippen LogP) is 5.90. The first-order chi connectivity index (χ1) is 14.9. The molecule has 1 aliphatic rings. The van der Waals surface area contributed by atoms with Crippen molar-refractivity contribution >= 4 is 29.0 Å². The van der Waals surface area contributed by atoms with Gasteiger partial charge in [0.05, 0.1) is 10.0 Å². The van der Waals surface area contributed by atoms with Gasteiger partial charge in [0.1, 0.15) is 11.9 Å². The van der Waals surface area contributed by atoms with Gasteiger partial charge in [0.2, 0.25) is 0 Å². The van der Waals surface area contributed by atoms with Crippen molar-refractivity contribution in [1.82, 2.24) is 4.90 Å². The average Bonchev–Trinajstić information content (AvgIpc) is 2.74. The lowest BCUT2D eigenvalue weighted by Crippen LogP contribution is -2.39. The Hall–Kier alpha value is -1.59. The molecule has 0 saturated carbocycles. The van der Waals surface area contributed by atoms with Gasteiger partial charge in [0.25, 0.3) is 0 Å². The maximum Gasteiger partial charge on any atom is 0.160 e. The molecule has 1 heterocycles.